The fourth-order valence-corrected chi connectivity index (χ4v) is 1.89. The molecule has 1 rings (SSSR count). The first-order valence-corrected chi connectivity index (χ1v) is 6.54. The Morgan fingerprint density at radius 2 is 2.32 bits per heavy atom. The zero-order valence-corrected chi connectivity index (χ0v) is 11.9. The lowest BCUT2D eigenvalue weighted by atomic mass is 9.86. The second-order valence-electron chi connectivity index (χ2n) is 5.38. The van der Waals surface area contributed by atoms with Gasteiger partial charge >= 0.3 is 5.97 Å². The molecule has 5 heteroatoms. The summed E-state index contributed by atoms with van der Waals surface area (Å²) in [5.74, 6) is -0.285. The molecule has 0 radical (unpaired) electrons. The van der Waals surface area contributed by atoms with E-state index in [1.807, 2.05) is 12.4 Å². The Bertz CT molecular complexity index is 374. The summed E-state index contributed by atoms with van der Waals surface area (Å²) in [4.78, 5) is 14.0. The van der Waals surface area contributed by atoms with Crippen LogP contribution >= 0.6 is 0 Å². The van der Waals surface area contributed by atoms with Crippen molar-refractivity contribution in [3.63, 3.8) is 0 Å². The number of hydrogen-bond donors (Lipinski definition) is 3. The van der Waals surface area contributed by atoms with E-state index in [1.54, 1.807) is 0 Å². The van der Waals surface area contributed by atoms with Crippen LogP contribution in [0.2, 0.25) is 0 Å². The number of methoxy groups -OCH3 is 1. The Morgan fingerprint density at radius 3 is 2.89 bits per heavy atom. The largest absolute Gasteiger partial charge is 0.469 e. The van der Waals surface area contributed by atoms with E-state index in [2.05, 4.69) is 35.0 Å². The molecule has 0 spiro atoms. The predicted molar refractivity (Wildman–Crippen MR) is 73.9 cm³/mol. The number of H-pyrrole nitrogens is 1. The van der Waals surface area contributed by atoms with Crippen LogP contribution in [0.25, 0.3) is 0 Å². The Morgan fingerprint density at radius 1 is 1.58 bits per heavy atom. The van der Waals surface area contributed by atoms with Crippen LogP contribution in [0.1, 0.15) is 32.3 Å². The molecule has 3 N–H and O–H groups in total. The van der Waals surface area contributed by atoms with E-state index in [9.17, 15) is 9.90 Å². The Hall–Kier alpha value is -1.33. The van der Waals surface area contributed by atoms with Crippen molar-refractivity contribution in [3.05, 3.63) is 24.0 Å². The van der Waals surface area contributed by atoms with E-state index in [1.165, 1.54) is 12.7 Å². The van der Waals surface area contributed by atoms with Crippen LogP contribution in [-0.2, 0) is 14.9 Å². The third-order valence-electron chi connectivity index (χ3n) is 3.24. The van der Waals surface area contributed by atoms with E-state index in [-0.39, 0.29) is 17.8 Å². The molecule has 0 fully saturated rings. The van der Waals surface area contributed by atoms with Crippen LogP contribution in [0.5, 0.6) is 0 Å². The number of carbonyl (C=O) groups excluding carboxylic acids is 1. The van der Waals surface area contributed by atoms with Crippen molar-refractivity contribution in [2.24, 2.45) is 0 Å². The molecular weight excluding hydrogens is 244 g/mol. The van der Waals surface area contributed by atoms with Gasteiger partial charge in [-0.3, -0.25) is 4.79 Å². The van der Waals surface area contributed by atoms with E-state index in [0.717, 1.165) is 6.54 Å². The number of aliphatic hydroxyl groups is 1. The standard InChI is InChI=1S/C14H24N2O3/c1-14(2,11-6-7-15-8-11)10-16-9-12(17)4-5-13(18)19-3/h6-8,12,15-17H,4-5,9-10H2,1-3H3. The molecule has 1 unspecified atom stereocenters. The van der Waals surface area contributed by atoms with Crippen LogP contribution in [0.4, 0.5) is 0 Å². The first-order valence-electron chi connectivity index (χ1n) is 6.54. The maximum absolute atomic E-state index is 10.9. The number of carbonyl (C=O) groups is 1. The number of rotatable bonds is 8. The van der Waals surface area contributed by atoms with Crippen molar-refractivity contribution in [2.75, 3.05) is 20.2 Å². The number of esters is 1. The highest BCUT2D eigenvalue weighted by Gasteiger charge is 2.20. The van der Waals surface area contributed by atoms with Gasteiger partial charge in [0.1, 0.15) is 0 Å². The first-order chi connectivity index (χ1) is 8.95. The Balaban J connectivity index is 2.24. The lowest BCUT2D eigenvalue weighted by Crippen LogP contribution is -2.37. The topological polar surface area (TPSA) is 74.3 Å². The van der Waals surface area contributed by atoms with Crippen LogP contribution < -0.4 is 5.32 Å². The summed E-state index contributed by atoms with van der Waals surface area (Å²) in [6, 6.07) is 2.05. The molecule has 1 heterocycles. The quantitative estimate of drug-likeness (QED) is 0.619. The summed E-state index contributed by atoms with van der Waals surface area (Å²) in [7, 11) is 1.35. The van der Waals surface area contributed by atoms with Crippen LogP contribution in [0, 0.1) is 0 Å². The van der Waals surface area contributed by atoms with Gasteiger partial charge in [0, 0.05) is 37.3 Å². The number of aromatic nitrogens is 1. The smallest absolute Gasteiger partial charge is 0.305 e. The maximum atomic E-state index is 10.9. The second kappa shape index (κ2) is 7.31. The molecule has 108 valence electrons. The van der Waals surface area contributed by atoms with Gasteiger partial charge < -0.3 is 20.1 Å². The van der Waals surface area contributed by atoms with Crippen molar-refractivity contribution < 1.29 is 14.6 Å². The van der Waals surface area contributed by atoms with Gasteiger partial charge in [0.25, 0.3) is 0 Å². The average molecular weight is 268 g/mol. The lowest BCUT2D eigenvalue weighted by Gasteiger charge is -2.25. The fourth-order valence-electron chi connectivity index (χ4n) is 1.89. The summed E-state index contributed by atoms with van der Waals surface area (Å²) in [6.45, 7) is 5.53. The number of ether oxygens (including phenoxy) is 1. The molecule has 0 aromatic carbocycles. The molecule has 19 heavy (non-hydrogen) atoms. The van der Waals surface area contributed by atoms with Gasteiger partial charge in [0.2, 0.25) is 0 Å². The summed E-state index contributed by atoms with van der Waals surface area (Å²) in [5, 5.41) is 13.0. The first kappa shape index (κ1) is 15.7. The van der Waals surface area contributed by atoms with Gasteiger partial charge in [0.05, 0.1) is 13.2 Å². The van der Waals surface area contributed by atoms with Crippen LogP contribution in [-0.4, -0.2) is 42.4 Å². The molecule has 1 aromatic heterocycles. The normalized spacial score (nSPS) is 13.3. The Kier molecular flexibility index (Phi) is 6.05. The second-order valence-corrected chi connectivity index (χ2v) is 5.38. The fraction of sp³-hybridized carbons (Fsp3) is 0.643. The minimum absolute atomic E-state index is 0.00205. The predicted octanol–water partition coefficient (Wildman–Crippen LogP) is 1.20. The molecule has 0 bridgehead atoms. The molecule has 5 nitrogen and oxygen atoms in total. The molecule has 0 saturated heterocycles. The molecule has 0 aliphatic rings. The highest BCUT2D eigenvalue weighted by atomic mass is 16.5. The van der Waals surface area contributed by atoms with Gasteiger partial charge in [0.15, 0.2) is 0 Å². The van der Waals surface area contributed by atoms with Gasteiger partial charge in [-0.1, -0.05) is 13.8 Å². The van der Waals surface area contributed by atoms with Gasteiger partial charge in [-0.15, -0.1) is 0 Å². The summed E-state index contributed by atoms with van der Waals surface area (Å²) in [6.07, 6.45) is 4.03. The van der Waals surface area contributed by atoms with E-state index < -0.39 is 6.10 Å². The van der Waals surface area contributed by atoms with Gasteiger partial charge in [-0.05, 0) is 18.1 Å². The minimum Gasteiger partial charge on any atom is -0.469 e. The molecular formula is C14H24N2O3. The number of aliphatic hydroxyl groups excluding tert-OH is 1. The average Bonchev–Trinajstić information content (AvgIpc) is 2.90. The maximum Gasteiger partial charge on any atom is 0.305 e. The lowest BCUT2D eigenvalue weighted by molar-refractivity contribution is -0.141. The molecule has 0 aliphatic heterocycles. The van der Waals surface area contributed by atoms with E-state index in [4.69, 9.17) is 0 Å². The molecule has 1 aromatic rings. The Labute approximate surface area is 114 Å². The van der Waals surface area contributed by atoms with Gasteiger partial charge in [-0.2, -0.15) is 0 Å². The number of aromatic amines is 1. The molecule has 0 aliphatic carbocycles. The highest BCUT2D eigenvalue weighted by Crippen LogP contribution is 2.21. The summed E-state index contributed by atoms with van der Waals surface area (Å²) in [5.41, 5.74) is 1.23. The highest BCUT2D eigenvalue weighted by molar-refractivity contribution is 5.69. The molecule has 1 atom stereocenters. The summed E-state index contributed by atoms with van der Waals surface area (Å²) >= 11 is 0. The van der Waals surface area contributed by atoms with Crippen molar-refractivity contribution in [2.45, 2.75) is 38.2 Å². The zero-order valence-electron chi connectivity index (χ0n) is 11.9. The van der Waals surface area contributed by atoms with Crippen molar-refractivity contribution in [3.8, 4) is 0 Å². The number of nitrogens with one attached hydrogen (secondary N) is 2. The molecule has 0 amide bonds. The van der Waals surface area contributed by atoms with Crippen LogP contribution in [0.15, 0.2) is 18.5 Å². The summed E-state index contributed by atoms with van der Waals surface area (Å²) < 4.78 is 4.53. The zero-order chi connectivity index (χ0) is 14.3. The molecule has 0 saturated carbocycles. The van der Waals surface area contributed by atoms with E-state index >= 15 is 0 Å². The SMILES string of the molecule is COC(=O)CCC(O)CNCC(C)(C)c1cc[nH]c1. The van der Waals surface area contributed by atoms with Crippen LogP contribution in [0.3, 0.4) is 0 Å². The number of hydrogen-bond acceptors (Lipinski definition) is 4. The third-order valence-corrected chi connectivity index (χ3v) is 3.24. The van der Waals surface area contributed by atoms with Crippen molar-refractivity contribution >= 4 is 5.97 Å². The van der Waals surface area contributed by atoms with Crippen molar-refractivity contribution in [1.82, 2.24) is 10.3 Å². The van der Waals surface area contributed by atoms with Crippen molar-refractivity contribution in [1.29, 1.82) is 0 Å². The van der Waals surface area contributed by atoms with E-state index in [0.29, 0.717) is 13.0 Å². The minimum atomic E-state index is -0.527. The van der Waals surface area contributed by atoms with Gasteiger partial charge in [-0.25, -0.2) is 0 Å². The third kappa shape index (κ3) is 5.44. The monoisotopic (exact) mass is 268 g/mol.